The Morgan fingerprint density at radius 3 is 2.21 bits per heavy atom. The summed E-state index contributed by atoms with van der Waals surface area (Å²) in [7, 11) is 3.81. The van der Waals surface area contributed by atoms with Crippen LogP contribution in [0.5, 0.6) is 0 Å². The Labute approximate surface area is 172 Å². The van der Waals surface area contributed by atoms with Crippen molar-refractivity contribution >= 4 is 49.0 Å². The van der Waals surface area contributed by atoms with Crippen LogP contribution in [-0.2, 0) is 11.3 Å². The van der Waals surface area contributed by atoms with E-state index in [9.17, 15) is 4.79 Å². The van der Waals surface area contributed by atoms with E-state index in [0.29, 0.717) is 13.1 Å². The summed E-state index contributed by atoms with van der Waals surface area (Å²) >= 11 is 3.33. The van der Waals surface area contributed by atoms with E-state index in [1.807, 2.05) is 50.5 Å². The summed E-state index contributed by atoms with van der Waals surface area (Å²) in [4.78, 5) is 25.9. The Kier molecular flexibility index (Phi) is 5.39. The molecule has 0 spiro atoms. The molecule has 0 saturated heterocycles. The molecule has 0 aliphatic rings. The van der Waals surface area contributed by atoms with Crippen LogP contribution in [0, 0.1) is 0 Å². The average molecular weight is 411 g/mol. The minimum atomic E-state index is 0.0784. The first-order valence-corrected chi connectivity index (χ1v) is 10.8. The number of nitrogens with zero attached hydrogens (tertiary/aromatic N) is 4. The first kappa shape index (κ1) is 19.0. The second-order valence-corrected chi connectivity index (χ2v) is 9.11. The second-order valence-electron chi connectivity index (χ2n) is 6.94. The molecule has 5 nitrogen and oxygen atoms in total. The molecule has 0 aliphatic carbocycles. The predicted molar refractivity (Wildman–Crippen MR) is 117 cm³/mol. The van der Waals surface area contributed by atoms with E-state index < -0.39 is 0 Å². The van der Waals surface area contributed by atoms with Crippen molar-refractivity contribution in [3.63, 3.8) is 0 Å². The first-order chi connectivity index (χ1) is 13.5. The number of benzene rings is 2. The molecule has 1 amide bonds. The molecule has 0 bridgehead atoms. The smallest absolute Gasteiger partial charge is 0.236 e. The Bertz CT molecular complexity index is 1050. The highest BCUT2D eigenvalue weighted by Gasteiger charge is 2.20. The third-order valence-electron chi connectivity index (χ3n) is 4.85. The molecule has 2 aromatic heterocycles. The zero-order chi connectivity index (χ0) is 19.7. The number of hydrogen-bond donors (Lipinski definition) is 0. The van der Waals surface area contributed by atoms with Gasteiger partial charge in [0.1, 0.15) is 10.0 Å². The van der Waals surface area contributed by atoms with Gasteiger partial charge in [0.05, 0.1) is 39.6 Å². The highest BCUT2D eigenvalue weighted by atomic mass is 32.1. The summed E-state index contributed by atoms with van der Waals surface area (Å²) in [6.07, 6.45) is 0. The lowest BCUT2D eigenvalue weighted by Crippen LogP contribution is -2.37. The lowest BCUT2D eigenvalue weighted by Gasteiger charge is -2.25. The normalized spacial score (nSPS) is 12.7. The molecule has 0 fully saturated rings. The van der Waals surface area contributed by atoms with Crippen LogP contribution in [0.4, 0.5) is 0 Å². The van der Waals surface area contributed by atoms with Crippen molar-refractivity contribution in [2.75, 3.05) is 20.6 Å². The molecular weight excluding hydrogens is 388 g/mol. The molecular formula is C21H22N4OS2. The highest BCUT2D eigenvalue weighted by Crippen LogP contribution is 2.29. The van der Waals surface area contributed by atoms with Crippen LogP contribution in [0.15, 0.2) is 48.5 Å². The maximum absolute atomic E-state index is 12.7. The highest BCUT2D eigenvalue weighted by molar-refractivity contribution is 7.18. The van der Waals surface area contributed by atoms with Gasteiger partial charge in [0, 0.05) is 7.05 Å². The molecule has 1 atom stereocenters. The SMILES string of the molecule is C[C@@H](c1nc2ccccc2s1)N(C)CC(=O)N(C)Cc1nc2ccccc2s1. The van der Waals surface area contributed by atoms with Crippen molar-refractivity contribution in [1.29, 1.82) is 0 Å². The minimum absolute atomic E-state index is 0.0784. The first-order valence-electron chi connectivity index (χ1n) is 9.15. The van der Waals surface area contributed by atoms with Gasteiger partial charge in [0.2, 0.25) is 5.91 Å². The summed E-state index contributed by atoms with van der Waals surface area (Å²) in [6.45, 7) is 2.97. The number of carbonyl (C=O) groups is 1. The number of amides is 1. The summed E-state index contributed by atoms with van der Waals surface area (Å²) in [5, 5.41) is 1.99. The molecule has 4 rings (SSSR count). The number of fused-ring (bicyclic) bond motifs is 2. The summed E-state index contributed by atoms with van der Waals surface area (Å²) in [6, 6.07) is 16.3. The van der Waals surface area contributed by atoms with E-state index in [4.69, 9.17) is 4.98 Å². The van der Waals surface area contributed by atoms with Gasteiger partial charge in [-0.05, 0) is 38.2 Å². The van der Waals surface area contributed by atoms with Crippen LogP contribution in [0.1, 0.15) is 23.0 Å². The van der Waals surface area contributed by atoms with E-state index in [1.165, 1.54) is 4.70 Å². The Morgan fingerprint density at radius 2 is 1.57 bits per heavy atom. The fraction of sp³-hybridized carbons (Fsp3) is 0.286. The molecule has 0 aliphatic heterocycles. The summed E-state index contributed by atoms with van der Waals surface area (Å²) < 4.78 is 2.33. The maximum atomic E-state index is 12.7. The third kappa shape index (κ3) is 3.92. The lowest BCUT2D eigenvalue weighted by molar-refractivity contribution is -0.131. The van der Waals surface area contributed by atoms with Crippen molar-refractivity contribution in [3.05, 3.63) is 58.5 Å². The van der Waals surface area contributed by atoms with Crippen LogP contribution in [0.3, 0.4) is 0 Å². The van der Waals surface area contributed by atoms with Crippen LogP contribution in [0.2, 0.25) is 0 Å². The van der Waals surface area contributed by atoms with Crippen molar-refractivity contribution in [2.24, 2.45) is 0 Å². The molecule has 0 N–H and O–H groups in total. The Morgan fingerprint density at radius 1 is 0.964 bits per heavy atom. The number of carbonyl (C=O) groups excluding carboxylic acids is 1. The molecule has 28 heavy (non-hydrogen) atoms. The van der Waals surface area contributed by atoms with E-state index in [1.54, 1.807) is 27.6 Å². The van der Waals surface area contributed by atoms with Gasteiger partial charge < -0.3 is 4.90 Å². The van der Waals surface area contributed by atoms with Gasteiger partial charge in [0.15, 0.2) is 0 Å². The molecule has 0 unspecified atom stereocenters. The number of rotatable bonds is 6. The van der Waals surface area contributed by atoms with E-state index >= 15 is 0 Å². The topological polar surface area (TPSA) is 49.3 Å². The van der Waals surface area contributed by atoms with Gasteiger partial charge in [-0.3, -0.25) is 9.69 Å². The third-order valence-corrected chi connectivity index (χ3v) is 7.08. The fourth-order valence-corrected chi connectivity index (χ4v) is 5.11. The second kappa shape index (κ2) is 7.95. The lowest BCUT2D eigenvalue weighted by atomic mass is 10.3. The number of para-hydroxylation sites is 2. The van der Waals surface area contributed by atoms with Gasteiger partial charge in [0.25, 0.3) is 0 Å². The Hall–Kier alpha value is -2.35. The average Bonchev–Trinajstić information content (AvgIpc) is 3.30. The largest absolute Gasteiger partial charge is 0.338 e. The number of thiazole rings is 2. The number of aromatic nitrogens is 2. The number of hydrogen-bond acceptors (Lipinski definition) is 6. The van der Waals surface area contributed by atoms with Gasteiger partial charge in [-0.25, -0.2) is 9.97 Å². The summed E-state index contributed by atoms with van der Waals surface area (Å²) in [5.41, 5.74) is 2.01. The molecule has 0 radical (unpaired) electrons. The van der Waals surface area contributed by atoms with Crippen molar-refractivity contribution < 1.29 is 4.79 Å². The maximum Gasteiger partial charge on any atom is 0.236 e. The van der Waals surface area contributed by atoms with E-state index in [-0.39, 0.29) is 11.9 Å². The van der Waals surface area contributed by atoms with E-state index in [2.05, 4.69) is 28.9 Å². The van der Waals surface area contributed by atoms with Gasteiger partial charge in [-0.1, -0.05) is 24.3 Å². The zero-order valence-corrected chi connectivity index (χ0v) is 17.8. The van der Waals surface area contributed by atoms with Crippen molar-refractivity contribution in [3.8, 4) is 0 Å². The molecule has 7 heteroatoms. The van der Waals surface area contributed by atoms with Crippen LogP contribution in [0.25, 0.3) is 20.4 Å². The fourth-order valence-electron chi connectivity index (χ4n) is 3.01. The molecule has 4 aromatic rings. The number of likely N-dealkylation sites (N-methyl/N-ethyl adjacent to an activating group) is 2. The predicted octanol–water partition coefficient (Wildman–Crippen LogP) is 4.56. The monoisotopic (exact) mass is 410 g/mol. The minimum Gasteiger partial charge on any atom is -0.338 e. The Balaban J connectivity index is 1.39. The van der Waals surface area contributed by atoms with Gasteiger partial charge >= 0.3 is 0 Å². The molecule has 2 heterocycles. The van der Waals surface area contributed by atoms with Crippen LogP contribution in [-0.4, -0.2) is 46.3 Å². The zero-order valence-electron chi connectivity index (χ0n) is 16.1. The van der Waals surface area contributed by atoms with Crippen molar-refractivity contribution in [2.45, 2.75) is 19.5 Å². The standard InChI is InChI=1S/C21H22N4OS2/c1-14(21-23-16-9-5-7-11-18(16)28-21)24(2)13-20(26)25(3)12-19-22-15-8-4-6-10-17(15)27-19/h4-11,14H,12-13H2,1-3H3/t14-/m0/s1. The van der Waals surface area contributed by atoms with Gasteiger partial charge in [-0.15, -0.1) is 22.7 Å². The van der Waals surface area contributed by atoms with Crippen LogP contribution < -0.4 is 0 Å². The molecule has 0 saturated carbocycles. The van der Waals surface area contributed by atoms with Crippen LogP contribution >= 0.6 is 22.7 Å². The van der Waals surface area contributed by atoms with E-state index in [0.717, 1.165) is 25.7 Å². The van der Waals surface area contributed by atoms with Crippen molar-refractivity contribution in [1.82, 2.24) is 19.8 Å². The summed E-state index contributed by atoms with van der Waals surface area (Å²) in [5.74, 6) is 0.0784. The van der Waals surface area contributed by atoms with Gasteiger partial charge in [-0.2, -0.15) is 0 Å². The quantitative estimate of drug-likeness (QED) is 0.468. The molecule has 2 aromatic carbocycles. The molecule has 144 valence electrons.